The summed E-state index contributed by atoms with van der Waals surface area (Å²) >= 11 is 1.86. The van der Waals surface area contributed by atoms with Gasteiger partial charge in [-0.1, -0.05) is 19.9 Å². The van der Waals surface area contributed by atoms with Gasteiger partial charge < -0.3 is 10.2 Å². The van der Waals surface area contributed by atoms with E-state index in [0.717, 1.165) is 36.7 Å². The summed E-state index contributed by atoms with van der Waals surface area (Å²) in [5.74, 6) is 1.96. The lowest BCUT2D eigenvalue weighted by molar-refractivity contribution is -0.383. The fraction of sp³-hybridized carbons (Fsp3) is 0.571. The molecular formula is C14H23N3O2S. The number of hydrogen-bond donors (Lipinski definition) is 1. The zero-order chi connectivity index (χ0) is 15.0. The lowest BCUT2D eigenvalue weighted by atomic mass is 10.2. The first-order valence-electron chi connectivity index (χ1n) is 6.87. The maximum absolute atomic E-state index is 10.8. The normalized spacial score (nSPS) is 10.8. The zero-order valence-corrected chi connectivity index (χ0v) is 13.2. The van der Waals surface area contributed by atoms with Crippen LogP contribution in [0.15, 0.2) is 18.2 Å². The number of hydrogen-bond acceptors (Lipinski definition) is 5. The van der Waals surface area contributed by atoms with Gasteiger partial charge in [0.25, 0.3) is 5.69 Å². The van der Waals surface area contributed by atoms with Gasteiger partial charge in [-0.05, 0) is 24.7 Å². The first-order valence-corrected chi connectivity index (χ1v) is 8.03. The molecule has 0 radical (unpaired) electrons. The number of thioether (sulfide) groups is 1. The lowest BCUT2D eigenvalue weighted by Crippen LogP contribution is -2.25. The molecule has 0 saturated carbocycles. The van der Waals surface area contributed by atoms with Crippen molar-refractivity contribution in [1.82, 2.24) is 4.90 Å². The number of nitro benzene ring substituents is 1. The van der Waals surface area contributed by atoms with Crippen molar-refractivity contribution >= 4 is 23.1 Å². The van der Waals surface area contributed by atoms with Gasteiger partial charge in [0.15, 0.2) is 0 Å². The van der Waals surface area contributed by atoms with E-state index in [1.54, 1.807) is 13.1 Å². The number of benzene rings is 1. The average molecular weight is 297 g/mol. The summed E-state index contributed by atoms with van der Waals surface area (Å²) in [4.78, 5) is 12.9. The molecule has 0 aliphatic heterocycles. The Morgan fingerprint density at radius 3 is 2.60 bits per heavy atom. The van der Waals surface area contributed by atoms with Crippen LogP contribution in [0, 0.1) is 10.1 Å². The third-order valence-electron chi connectivity index (χ3n) is 3.24. The minimum absolute atomic E-state index is 0.129. The summed E-state index contributed by atoms with van der Waals surface area (Å²) in [6, 6.07) is 5.28. The standard InChI is InChI=1S/C14H23N3O2S/c1-4-16(5-2)8-9-20-11-12-6-7-14(17(18)19)13(10-12)15-3/h6-7,10,15H,4-5,8-9,11H2,1-3H3. The molecule has 112 valence electrons. The Kier molecular flexibility index (Phi) is 7.40. The van der Waals surface area contributed by atoms with Gasteiger partial charge in [-0.2, -0.15) is 11.8 Å². The Morgan fingerprint density at radius 1 is 1.35 bits per heavy atom. The minimum atomic E-state index is -0.358. The number of nitrogens with zero attached hydrogens (tertiary/aromatic N) is 2. The van der Waals surface area contributed by atoms with E-state index in [9.17, 15) is 10.1 Å². The van der Waals surface area contributed by atoms with E-state index >= 15 is 0 Å². The van der Waals surface area contributed by atoms with Gasteiger partial charge in [0.2, 0.25) is 0 Å². The van der Waals surface area contributed by atoms with E-state index in [1.165, 1.54) is 0 Å². The molecule has 0 heterocycles. The third-order valence-corrected chi connectivity index (χ3v) is 4.25. The molecule has 0 unspecified atom stereocenters. The summed E-state index contributed by atoms with van der Waals surface area (Å²) < 4.78 is 0. The third kappa shape index (κ3) is 5.02. The molecule has 1 aromatic rings. The Morgan fingerprint density at radius 2 is 2.05 bits per heavy atom. The molecule has 20 heavy (non-hydrogen) atoms. The number of rotatable bonds is 9. The Hall–Kier alpha value is -1.27. The SMILES string of the molecule is CCN(CC)CCSCc1ccc([N+](=O)[O-])c(NC)c1. The largest absolute Gasteiger partial charge is 0.383 e. The molecule has 0 fully saturated rings. The van der Waals surface area contributed by atoms with Crippen LogP contribution in [0.25, 0.3) is 0 Å². The van der Waals surface area contributed by atoms with Crippen LogP contribution in [0.3, 0.4) is 0 Å². The molecule has 5 nitrogen and oxygen atoms in total. The van der Waals surface area contributed by atoms with Crippen molar-refractivity contribution in [2.24, 2.45) is 0 Å². The van der Waals surface area contributed by atoms with Gasteiger partial charge in [0, 0.05) is 31.2 Å². The van der Waals surface area contributed by atoms with E-state index < -0.39 is 0 Å². The maximum atomic E-state index is 10.8. The summed E-state index contributed by atoms with van der Waals surface area (Å²) in [5.41, 5.74) is 1.82. The van der Waals surface area contributed by atoms with Gasteiger partial charge >= 0.3 is 0 Å². The molecular weight excluding hydrogens is 274 g/mol. The Balaban J connectivity index is 2.50. The highest BCUT2D eigenvalue weighted by molar-refractivity contribution is 7.98. The van der Waals surface area contributed by atoms with Crippen LogP contribution in [0.5, 0.6) is 0 Å². The van der Waals surface area contributed by atoms with E-state index in [-0.39, 0.29) is 10.6 Å². The number of nitro groups is 1. The highest BCUT2D eigenvalue weighted by Gasteiger charge is 2.12. The molecule has 1 aromatic carbocycles. The van der Waals surface area contributed by atoms with Gasteiger partial charge in [0.1, 0.15) is 5.69 Å². The second kappa shape index (κ2) is 8.81. The van der Waals surface area contributed by atoms with E-state index in [0.29, 0.717) is 5.69 Å². The van der Waals surface area contributed by atoms with Crippen molar-refractivity contribution < 1.29 is 4.92 Å². The number of anilines is 1. The fourth-order valence-corrected chi connectivity index (χ4v) is 2.90. The van der Waals surface area contributed by atoms with Crippen LogP contribution in [-0.4, -0.2) is 42.3 Å². The predicted molar refractivity (Wildman–Crippen MR) is 86.6 cm³/mol. The first kappa shape index (κ1) is 16.8. The van der Waals surface area contributed by atoms with Crippen molar-refractivity contribution in [3.63, 3.8) is 0 Å². The molecule has 0 aliphatic carbocycles. The molecule has 6 heteroatoms. The Bertz CT molecular complexity index is 436. The summed E-state index contributed by atoms with van der Waals surface area (Å²) in [7, 11) is 1.71. The van der Waals surface area contributed by atoms with Crippen LogP contribution >= 0.6 is 11.8 Å². The van der Waals surface area contributed by atoms with Crippen LogP contribution in [0.4, 0.5) is 11.4 Å². The van der Waals surface area contributed by atoms with Crippen LogP contribution < -0.4 is 5.32 Å². The van der Waals surface area contributed by atoms with Crippen LogP contribution in [-0.2, 0) is 5.75 Å². The topological polar surface area (TPSA) is 58.4 Å². The van der Waals surface area contributed by atoms with Crippen molar-refractivity contribution in [2.75, 3.05) is 37.8 Å². The van der Waals surface area contributed by atoms with Crippen LogP contribution in [0.1, 0.15) is 19.4 Å². The second-order valence-electron chi connectivity index (χ2n) is 4.44. The smallest absolute Gasteiger partial charge is 0.292 e. The van der Waals surface area contributed by atoms with Crippen molar-refractivity contribution in [3.05, 3.63) is 33.9 Å². The van der Waals surface area contributed by atoms with Crippen molar-refractivity contribution in [1.29, 1.82) is 0 Å². The lowest BCUT2D eigenvalue weighted by Gasteiger charge is -2.17. The predicted octanol–water partition coefficient (Wildman–Crippen LogP) is 3.21. The van der Waals surface area contributed by atoms with Crippen molar-refractivity contribution in [3.8, 4) is 0 Å². The summed E-state index contributed by atoms with van der Waals surface area (Å²) in [5, 5.41) is 13.7. The van der Waals surface area contributed by atoms with E-state index in [2.05, 4.69) is 24.1 Å². The number of nitrogens with one attached hydrogen (secondary N) is 1. The fourth-order valence-electron chi connectivity index (χ4n) is 1.96. The molecule has 0 atom stereocenters. The summed E-state index contributed by atoms with van der Waals surface area (Å²) in [6.45, 7) is 7.59. The molecule has 0 bridgehead atoms. The highest BCUT2D eigenvalue weighted by Crippen LogP contribution is 2.26. The van der Waals surface area contributed by atoms with E-state index in [1.807, 2.05) is 23.9 Å². The molecule has 0 saturated heterocycles. The average Bonchev–Trinajstić information content (AvgIpc) is 2.47. The van der Waals surface area contributed by atoms with Gasteiger partial charge in [-0.15, -0.1) is 0 Å². The monoisotopic (exact) mass is 297 g/mol. The van der Waals surface area contributed by atoms with Gasteiger partial charge in [-0.3, -0.25) is 10.1 Å². The molecule has 1 rings (SSSR count). The second-order valence-corrected chi connectivity index (χ2v) is 5.54. The van der Waals surface area contributed by atoms with Crippen LogP contribution in [0.2, 0.25) is 0 Å². The van der Waals surface area contributed by atoms with Gasteiger partial charge in [-0.25, -0.2) is 0 Å². The molecule has 0 aliphatic rings. The van der Waals surface area contributed by atoms with Crippen molar-refractivity contribution in [2.45, 2.75) is 19.6 Å². The molecule has 0 amide bonds. The zero-order valence-electron chi connectivity index (χ0n) is 12.4. The van der Waals surface area contributed by atoms with Gasteiger partial charge in [0.05, 0.1) is 4.92 Å². The molecule has 1 N–H and O–H groups in total. The molecule has 0 aromatic heterocycles. The molecule has 0 spiro atoms. The maximum Gasteiger partial charge on any atom is 0.292 e. The summed E-state index contributed by atoms with van der Waals surface area (Å²) in [6.07, 6.45) is 0. The highest BCUT2D eigenvalue weighted by atomic mass is 32.2. The minimum Gasteiger partial charge on any atom is -0.383 e. The Labute approximate surface area is 124 Å². The first-order chi connectivity index (χ1) is 9.62. The quantitative estimate of drug-likeness (QED) is 0.431. The van der Waals surface area contributed by atoms with E-state index in [4.69, 9.17) is 0 Å².